The molecular weight excluding hydrogens is 318 g/mol. The van der Waals surface area contributed by atoms with Crippen LogP contribution in [0, 0.1) is 0 Å². The van der Waals surface area contributed by atoms with E-state index in [0.29, 0.717) is 25.5 Å². The number of carbonyl (C=O) groups excluding carboxylic acids is 1. The van der Waals surface area contributed by atoms with Gasteiger partial charge < -0.3 is 15.2 Å². The van der Waals surface area contributed by atoms with Crippen LogP contribution in [0.5, 0.6) is 5.75 Å². The lowest BCUT2D eigenvalue weighted by molar-refractivity contribution is -0.0566. The van der Waals surface area contributed by atoms with Gasteiger partial charge in [0.1, 0.15) is 11.4 Å². The van der Waals surface area contributed by atoms with E-state index in [2.05, 4.69) is 10.3 Å². The quantitative estimate of drug-likeness (QED) is 0.879. The summed E-state index contributed by atoms with van der Waals surface area (Å²) < 4.78 is 6.96. The van der Waals surface area contributed by atoms with E-state index in [1.165, 1.54) is 15.9 Å². The number of hydrogen-bond acceptors (Lipinski definition) is 6. The number of fused-ring (bicyclic) bond motifs is 1. The normalized spacial score (nSPS) is 15.9. The molecule has 1 aliphatic rings. The minimum absolute atomic E-state index is 0.267. The van der Waals surface area contributed by atoms with Crippen molar-refractivity contribution in [3.8, 4) is 5.75 Å². The summed E-state index contributed by atoms with van der Waals surface area (Å²) in [5.41, 5.74) is -1.68. The maximum absolute atomic E-state index is 12.3. The molecule has 0 saturated heterocycles. The van der Waals surface area contributed by atoms with E-state index >= 15 is 0 Å². The Bertz CT molecular complexity index is 796. The predicted octanol–water partition coefficient (Wildman–Crippen LogP) is 1.21. The smallest absolute Gasteiger partial charge is 0.296 e. The Morgan fingerprint density at radius 3 is 3.04 bits per heavy atom. The van der Waals surface area contributed by atoms with E-state index in [0.717, 1.165) is 4.88 Å². The minimum atomic E-state index is -0.798. The summed E-state index contributed by atoms with van der Waals surface area (Å²) in [5.74, 6) is -0.874. The fourth-order valence-corrected chi connectivity index (χ4v) is 3.14. The molecule has 0 fully saturated rings. The largest absolute Gasteiger partial charge is 0.501 e. The van der Waals surface area contributed by atoms with Gasteiger partial charge in [-0.1, -0.05) is 6.07 Å². The number of hydrogen-bond donors (Lipinski definition) is 2. The van der Waals surface area contributed by atoms with Crippen LogP contribution in [0.1, 0.15) is 35.0 Å². The summed E-state index contributed by atoms with van der Waals surface area (Å²) in [7, 11) is 0. The number of amides is 1. The lowest BCUT2D eigenvalue weighted by atomic mass is 10.1. The van der Waals surface area contributed by atoms with E-state index in [-0.39, 0.29) is 5.69 Å². The molecule has 0 spiro atoms. The number of aromatic hydroxyl groups is 1. The van der Waals surface area contributed by atoms with Crippen LogP contribution in [0.4, 0.5) is 0 Å². The van der Waals surface area contributed by atoms with E-state index in [1.54, 1.807) is 13.8 Å². The Morgan fingerprint density at radius 1 is 1.57 bits per heavy atom. The summed E-state index contributed by atoms with van der Waals surface area (Å²) in [6.45, 7) is 4.51. The van der Waals surface area contributed by atoms with Gasteiger partial charge in [0.2, 0.25) is 5.75 Å². The van der Waals surface area contributed by atoms with Gasteiger partial charge in [-0.05, 0) is 25.3 Å². The molecule has 0 bridgehead atoms. The summed E-state index contributed by atoms with van der Waals surface area (Å²) in [6.07, 6.45) is 0. The topological polar surface area (TPSA) is 93.5 Å². The average molecular weight is 335 g/mol. The fourth-order valence-electron chi connectivity index (χ4n) is 2.49. The third-order valence-corrected chi connectivity index (χ3v) is 4.56. The molecule has 0 saturated carbocycles. The van der Waals surface area contributed by atoms with Crippen molar-refractivity contribution in [2.45, 2.75) is 32.5 Å². The molecule has 3 rings (SSSR count). The molecule has 8 heteroatoms. The molecule has 0 aromatic carbocycles. The zero-order valence-corrected chi connectivity index (χ0v) is 13.6. The van der Waals surface area contributed by atoms with Crippen molar-refractivity contribution >= 4 is 17.2 Å². The van der Waals surface area contributed by atoms with E-state index < -0.39 is 22.8 Å². The summed E-state index contributed by atoms with van der Waals surface area (Å²) in [4.78, 5) is 29.8. The molecule has 0 atom stereocenters. The maximum Gasteiger partial charge on any atom is 0.296 e. The van der Waals surface area contributed by atoms with Crippen LogP contribution in [0.2, 0.25) is 0 Å². The number of nitrogens with one attached hydrogen (secondary N) is 1. The Labute approximate surface area is 136 Å². The molecule has 0 radical (unpaired) electrons. The monoisotopic (exact) mass is 335 g/mol. The number of carbonyl (C=O) groups is 1. The number of rotatable bonds is 3. The highest BCUT2D eigenvalue weighted by molar-refractivity contribution is 7.09. The SMILES string of the molecule is CC1(C)OCCn2c1nc(C(=O)NCc1cccs1)c(O)c2=O. The third kappa shape index (κ3) is 2.87. The molecule has 1 amide bonds. The number of ether oxygens (including phenoxy) is 1. The Morgan fingerprint density at radius 2 is 2.35 bits per heavy atom. The van der Waals surface area contributed by atoms with Crippen LogP contribution < -0.4 is 10.9 Å². The van der Waals surface area contributed by atoms with Gasteiger partial charge in [-0.2, -0.15) is 0 Å². The highest BCUT2D eigenvalue weighted by Crippen LogP contribution is 2.27. The lowest BCUT2D eigenvalue weighted by Gasteiger charge is -2.32. The third-order valence-electron chi connectivity index (χ3n) is 3.68. The Kier molecular flexibility index (Phi) is 3.95. The second-order valence-electron chi connectivity index (χ2n) is 5.71. The first kappa shape index (κ1) is 15.7. The number of aromatic nitrogens is 2. The standard InChI is InChI=1S/C15H17N3O4S/c1-15(2)14-17-10(11(19)13(21)18(14)5-6-22-15)12(20)16-8-9-4-3-7-23-9/h3-4,7,19H,5-6,8H2,1-2H3,(H,16,20). The Hall–Kier alpha value is -2.19. The molecule has 7 nitrogen and oxygen atoms in total. The van der Waals surface area contributed by atoms with Crippen molar-refractivity contribution in [3.05, 3.63) is 44.3 Å². The van der Waals surface area contributed by atoms with Crippen LogP contribution in [0.3, 0.4) is 0 Å². The second kappa shape index (κ2) is 5.78. The molecule has 3 heterocycles. The van der Waals surface area contributed by atoms with Crippen molar-refractivity contribution < 1.29 is 14.6 Å². The molecule has 2 aromatic heterocycles. The molecule has 0 unspecified atom stereocenters. The van der Waals surface area contributed by atoms with Crippen molar-refractivity contribution in [2.75, 3.05) is 6.61 Å². The number of nitrogens with zero attached hydrogens (tertiary/aromatic N) is 2. The first-order valence-electron chi connectivity index (χ1n) is 7.19. The van der Waals surface area contributed by atoms with Gasteiger partial charge in [-0.25, -0.2) is 4.98 Å². The molecule has 1 aliphatic heterocycles. The van der Waals surface area contributed by atoms with E-state index in [1.807, 2.05) is 17.5 Å². The summed E-state index contributed by atoms with van der Waals surface area (Å²) in [5, 5.41) is 14.6. The molecule has 23 heavy (non-hydrogen) atoms. The zero-order chi connectivity index (χ0) is 16.6. The van der Waals surface area contributed by atoms with Crippen LogP contribution in [0.25, 0.3) is 0 Å². The van der Waals surface area contributed by atoms with Gasteiger partial charge in [0.15, 0.2) is 5.69 Å². The van der Waals surface area contributed by atoms with Crippen LogP contribution in [-0.2, 0) is 23.4 Å². The molecule has 2 N–H and O–H groups in total. The van der Waals surface area contributed by atoms with Gasteiger partial charge in [0, 0.05) is 4.88 Å². The predicted molar refractivity (Wildman–Crippen MR) is 84.6 cm³/mol. The van der Waals surface area contributed by atoms with Crippen LogP contribution >= 0.6 is 11.3 Å². The van der Waals surface area contributed by atoms with Crippen LogP contribution in [0.15, 0.2) is 22.3 Å². The second-order valence-corrected chi connectivity index (χ2v) is 6.74. The maximum atomic E-state index is 12.3. The molecule has 122 valence electrons. The first-order valence-corrected chi connectivity index (χ1v) is 8.07. The summed E-state index contributed by atoms with van der Waals surface area (Å²) >= 11 is 1.51. The molecule has 2 aromatic rings. The van der Waals surface area contributed by atoms with Crippen molar-refractivity contribution in [1.29, 1.82) is 0 Å². The molecule has 0 aliphatic carbocycles. The Balaban J connectivity index is 1.95. The van der Waals surface area contributed by atoms with E-state index in [4.69, 9.17) is 4.74 Å². The lowest BCUT2D eigenvalue weighted by Crippen LogP contribution is -2.42. The zero-order valence-electron chi connectivity index (χ0n) is 12.8. The van der Waals surface area contributed by atoms with Gasteiger partial charge in [0.25, 0.3) is 11.5 Å². The van der Waals surface area contributed by atoms with Crippen molar-refractivity contribution in [3.63, 3.8) is 0 Å². The first-order chi connectivity index (χ1) is 10.9. The highest BCUT2D eigenvalue weighted by atomic mass is 32.1. The molecular formula is C15H17N3O4S. The average Bonchev–Trinajstić information content (AvgIpc) is 3.02. The van der Waals surface area contributed by atoms with Crippen molar-refractivity contribution in [1.82, 2.24) is 14.9 Å². The summed E-state index contributed by atoms with van der Waals surface area (Å²) in [6, 6.07) is 3.77. The minimum Gasteiger partial charge on any atom is -0.501 e. The van der Waals surface area contributed by atoms with Gasteiger partial charge >= 0.3 is 0 Å². The van der Waals surface area contributed by atoms with Gasteiger partial charge in [0.05, 0.1) is 19.7 Å². The fraction of sp³-hybridized carbons (Fsp3) is 0.400. The van der Waals surface area contributed by atoms with Gasteiger partial charge in [-0.3, -0.25) is 14.2 Å². The van der Waals surface area contributed by atoms with Crippen LogP contribution in [-0.4, -0.2) is 27.2 Å². The van der Waals surface area contributed by atoms with Crippen molar-refractivity contribution in [2.24, 2.45) is 0 Å². The highest BCUT2D eigenvalue weighted by Gasteiger charge is 2.34. The number of thiophene rings is 1. The van der Waals surface area contributed by atoms with E-state index in [9.17, 15) is 14.7 Å². The van der Waals surface area contributed by atoms with Gasteiger partial charge in [-0.15, -0.1) is 11.3 Å².